The highest BCUT2D eigenvalue weighted by Gasteiger charge is 2.13. The molecule has 0 aliphatic carbocycles. The molecule has 0 atom stereocenters. The minimum Gasteiger partial charge on any atom is -0.495 e. The highest BCUT2D eigenvalue weighted by atomic mass is 35.5. The number of hydrogen-bond acceptors (Lipinski definition) is 5. The minimum atomic E-state index is 0.527. The molecule has 4 aromatic rings. The Morgan fingerprint density at radius 2 is 1.93 bits per heavy atom. The first-order valence-electron chi connectivity index (χ1n) is 8.44. The summed E-state index contributed by atoms with van der Waals surface area (Å²) in [6, 6.07) is 11.7. The van der Waals surface area contributed by atoms with Crippen LogP contribution in [0.4, 0.5) is 11.5 Å². The fourth-order valence-electron chi connectivity index (χ4n) is 3.04. The topological polar surface area (TPSA) is 64.9 Å². The van der Waals surface area contributed by atoms with Crippen molar-refractivity contribution in [2.24, 2.45) is 0 Å². The lowest BCUT2D eigenvalue weighted by atomic mass is 10.1. The third-order valence-electron chi connectivity index (χ3n) is 4.36. The van der Waals surface area contributed by atoms with E-state index in [9.17, 15) is 0 Å². The van der Waals surface area contributed by atoms with Crippen molar-refractivity contribution in [2.75, 3.05) is 12.4 Å². The Morgan fingerprint density at radius 3 is 2.67 bits per heavy atom. The highest BCUT2D eigenvalue weighted by Crippen LogP contribution is 2.30. The van der Waals surface area contributed by atoms with Crippen molar-refractivity contribution in [3.8, 4) is 11.4 Å². The maximum Gasteiger partial charge on any atom is 0.168 e. The summed E-state index contributed by atoms with van der Waals surface area (Å²) < 4.78 is 7.02. The number of ether oxygens (including phenoxy) is 1. The van der Waals surface area contributed by atoms with Crippen LogP contribution in [-0.2, 0) is 0 Å². The SMILES string of the molecule is COc1ccc(Nc2ncnc3c2cnn3-c2ccc(C)cc2C)cc1Cl. The first-order valence-corrected chi connectivity index (χ1v) is 8.81. The zero-order valence-corrected chi connectivity index (χ0v) is 15.9. The first-order chi connectivity index (χ1) is 13.1. The second-order valence-electron chi connectivity index (χ2n) is 6.28. The van der Waals surface area contributed by atoms with E-state index in [0.717, 1.165) is 28.0 Å². The van der Waals surface area contributed by atoms with Crippen LogP contribution in [0.15, 0.2) is 48.9 Å². The number of rotatable bonds is 4. The van der Waals surface area contributed by atoms with Gasteiger partial charge in [-0.1, -0.05) is 29.3 Å². The average molecular weight is 380 g/mol. The summed E-state index contributed by atoms with van der Waals surface area (Å²) in [4.78, 5) is 8.80. The lowest BCUT2D eigenvalue weighted by Gasteiger charge is -2.10. The number of hydrogen-bond donors (Lipinski definition) is 1. The number of nitrogens with zero attached hydrogens (tertiary/aromatic N) is 4. The van der Waals surface area contributed by atoms with Gasteiger partial charge >= 0.3 is 0 Å². The number of nitrogens with one attached hydrogen (secondary N) is 1. The van der Waals surface area contributed by atoms with Gasteiger partial charge in [0.05, 0.1) is 29.4 Å². The molecule has 0 spiro atoms. The van der Waals surface area contributed by atoms with Gasteiger partial charge < -0.3 is 10.1 Å². The van der Waals surface area contributed by atoms with Gasteiger partial charge in [-0.05, 0) is 43.7 Å². The van der Waals surface area contributed by atoms with Gasteiger partial charge in [-0.3, -0.25) is 0 Å². The van der Waals surface area contributed by atoms with Gasteiger partial charge in [-0.25, -0.2) is 14.6 Å². The van der Waals surface area contributed by atoms with Crippen LogP contribution in [0.5, 0.6) is 5.75 Å². The van der Waals surface area contributed by atoms with E-state index in [2.05, 4.69) is 52.4 Å². The largest absolute Gasteiger partial charge is 0.495 e. The predicted molar refractivity (Wildman–Crippen MR) is 107 cm³/mol. The van der Waals surface area contributed by atoms with Gasteiger partial charge in [0, 0.05) is 5.69 Å². The fraction of sp³-hybridized carbons (Fsp3) is 0.150. The third kappa shape index (κ3) is 3.19. The molecule has 2 heterocycles. The number of aromatic nitrogens is 4. The van der Waals surface area contributed by atoms with E-state index in [0.29, 0.717) is 16.6 Å². The van der Waals surface area contributed by atoms with Crippen LogP contribution in [0.25, 0.3) is 16.7 Å². The Labute approximate surface area is 161 Å². The average Bonchev–Trinajstić information content (AvgIpc) is 3.07. The Hall–Kier alpha value is -3.12. The Kier molecular flexibility index (Phi) is 4.41. The molecule has 4 rings (SSSR count). The lowest BCUT2D eigenvalue weighted by molar-refractivity contribution is 0.415. The molecular formula is C20H18ClN5O. The van der Waals surface area contributed by atoms with E-state index in [4.69, 9.17) is 16.3 Å². The van der Waals surface area contributed by atoms with E-state index in [1.807, 2.05) is 16.8 Å². The second-order valence-corrected chi connectivity index (χ2v) is 6.69. The van der Waals surface area contributed by atoms with Crippen LogP contribution in [-0.4, -0.2) is 26.9 Å². The van der Waals surface area contributed by atoms with Crippen LogP contribution < -0.4 is 10.1 Å². The summed E-state index contributed by atoms with van der Waals surface area (Å²) in [6.07, 6.45) is 3.29. The van der Waals surface area contributed by atoms with Crippen molar-refractivity contribution in [1.29, 1.82) is 0 Å². The predicted octanol–water partition coefficient (Wildman–Crippen LogP) is 4.84. The lowest BCUT2D eigenvalue weighted by Crippen LogP contribution is -2.01. The molecule has 0 saturated carbocycles. The smallest absolute Gasteiger partial charge is 0.168 e. The second kappa shape index (κ2) is 6.89. The molecule has 0 fully saturated rings. The zero-order valence-electron chi connectivity index (χ0n) is 15.2. The van der Waals surface area contributed by atoms with Crippen molar-refractivity contribution in [3.05, 3.63) is 65.1 Å². The zero-order chi connectivity index (χ0) is 19.0. The molecular weight excluding hydrogens is 362 g/mol. The van der Waals surface area contributed by atoms with Gasteiger partial charge in [0.1, 0.15) is 17.9 Å². The summed E-state index contributed by atoms with van der Waals surface area (Å²) in [6.45, 7) is 4.14. The maximum absolute atomic E-state index is 6.21. The quantitative estimate of drug-likeness (QED) is 0.549. The van der Waals surface area contributed by atoms with Gasteiger partial charge in [0.25, 0.3) is 0 Å². The molecule has 2 aromatic carbocycles. The molecule has 7 heteroatoms. The van der Waals surface area contributed by atoms with E-state index < -0.39 is 0 Å². The molecule has 27 heavy (non-hydrogen) atoms. The van der Waals surface area contributed by atoms with Crippen LogP contribution >= 0.6 is 11.6 Å². The molecule has 0 radical (unpaired) electrons. The van der Waals surface area contributed by atoms with Crippen molar-refractivity contribution >= 4 is 34.1 Å². The number of fused-ring (bicyclic) bond motifs is 1. The maximum atomic E-state index is 6.21. The summed E-state index contributed by atoms with van der Waals surface area (Å²) in [7, 11) is 1.59. The van der Waals surface area contributed by atoms with E-state index >= 15 is 0 Å². The first kappa shape index (κ1) is 17.3. The normalized spacial score (nSPS) is 11.0. The monoisotopic (exact) mass is 379 g/mol. The molecule has 0 aliphatic heterocycles. The number of halogens is 1. The summed E-state index contributed by atoms with van der Waals surface area (Å²) in [5.74, 6) is 1.29. The third-order valence-corrected chi connectivity index (χ3v) is 4.66. The van der Waals surface area contributed by atoms with E-state index in [1.54, 1.807) is 19.4 Å². The van der Waals surface area contributed by atoms with Crippen LogP contribution in [0.2, 0.25) is 5.02 Å². The molecule has 0 aliphatic rings. The number of methoxy groups -OCH3 is 1. The van der Waals surface area contributed by atoms with Crippen LogP contribution in [0.1, 0.15) is 11.1 Å². The number of anilines is 2. The Morgan fingerprint density at radius 1 is 1.07 bits per heavy atom. The standard InChI is InChI=1S/C20H18ClN5O/c1-12-4-6-17(13(2)8-12)26-20-15(10-24-26)19(22-11-23-20)25-14-5-7-18(27-3)16(21)9-14/h4-11H,1-3H3,(H,22,23,25). The van der Waals surface area contributed by atoms with Gasteiger partial charge in [0.15, 0.2) is 5.65 Å². The Bertz CT molecular complexity index is 1140. The van der Waals surface area contributed by atoms with Crippen molar-refractivity contribution in [1.82, 2.24) is 19.7 Å². The summed E-state index contributed by atoms with van der Waals surface area (Å²) >= 11 is 6.21. The summed E-state index contributed by atoms with van der Waals surface area (Å²) in [5.41, 5.74) is 4.88. The van der Waals surface area contributed by atoms with Crippen LogP contribution in [0.3, 0.4) is 0 Å². The fourth-order valence-corrected chi connectivity index (χ4v) is 3.30. The molecule has 0 unspecified atom stereocenters. The number of benzene rings is 2. The number of aryl methyl sites for hydroxylation is 2. The van der Waals surface area contributed by atoms with Gasteiger partial charge in [-0.2, -0.15) is 5.10 Å². The van der Waals surface area contributed by atoms with Crippen molar-refractivity contribution in [3.63, 3.8) is 0 Å². The molecule has 0 saturated heterocycles. The van der Waals surface area contributed by atoms with Crippen LogP contribution in [0, 0.1) is 13.8 Å². The van der Waals surface area contributed by atoms with Crippen molar-refractivity contribution in [2.45, 2.75) is 13.8 Å². The molecule has 6 nitrogen and oxygen atoms in total. The molecule has 1 N–H and O–H groups in total. The summed E-state index contributed by atoms with van der Waals surface area (Å²) in [5, 5.41) is 9.16. The Balaban J connectivity index is 1.75. The molecule has 0 bridgehead atoms. The van der Waals surface area contributed by atoms with Crippen molar-refractivity contribution < 1.29 is 4.74 Å². The van der Waals surface area contributed by atoms with Gasteiger partial charge in [-0.15, -0.1) is 0 Å². The molecule has 136 valence electrons. The minimum absolute atomic E-state index is 0.527. The van der Waals surface area contributed by atoms with E-state index in [1.165, 1.54) is 11.9 Å². The van der Waals surface area contributed by atoms with E-state index in [-0.39, 0.29) is 0 Å². The van der Waals surface area contributed by atoms with Gasteiger partial charge in [0.2, 0.25) is 0 Å². The molecule has 2 aromatic heterocycles. The highest BCUT2D eigenvalue weighted by molar-refractivity contribution is 6.32. The molecule has 0 amide bonds.